The molecule has 0 saturated heterocycles. The molecule has 0 spiro atoms. The predicted octanol–water partition coefficient (Wildman–Crippen LogP) is 1.25. The zero-order valence-electron chi connectivity index (χ0n) is 7.81. The van der Waals surface area contributed by atoms with Gasteiger partial charge in [-0.2, -0.15) is 0 Å². The highest BCUT2D eigenvalue weighted by Gasteiger charge is 2.04. The van der Waals surface area contributed by atoms with E-state index < -0.39 is 0 Å². The number of pyridine rings is 2. The number of nitrogens with zero attached hydrogens (tertiary/aromatic N) is 1. The van der Waals surface area contributed by atoms with E-state index in [2.05, 4.69) is 0 Å². The van der Waals surface area contributed by atoms with Crippen LogP contribution in [-0.2, 0) is 0 Å². The van der Waals surface area contributed by atoms with Gasteiger partial charge in [0.05, 0.1) is 5.52 Å². The zero-order valence-corrected chi connectivity index (χ0v) is 7.81. The van der Waals surface area contributed by atoms with Crippen molar-refractivity contribution in [3.05, 3.63) is 63.2 Å². The third-order valence-electron chi connectivity index (χ3n) is 2.59. The van der Waals surface area contributed by atoms with Crippen LogP contribution in [-0.4, -0.2) is 4.40 Å². The minimum absolute atomic E-state index is 0.0498. The number of para-hydroxylation sites is 1. The highest BCUT2D eigenvalue weighted by Crippen LogP contribution is 2.15. The van der Waals surface area contributed by atoms with E-state index in [1.54, 1.807) is 12.1 Å². The fourth-order valence-corrected chi connectivity index (χ4v) is 1.90. The summed E-state index contributed by atoms with van der Waals surface area (Å²) < 4.78 is 1.51. The van der Waals surface area contributed by atoms with E-state index in [1.807, 2.05) is 12.1 Å². The molecule has 2 aromatic heterocycles. The standard InChI is InChI=1S/C12H7NO2/c14-10-6-7-13-11(15)5-4-8-2-1-3-9(10)12(8)13/h1-7H. The summed E-state index contributed by atoms with van der Waals surface area (Å²) in [5, 5.41) is 1.50. The smallest absolute Gasteiger partial charge is 0.255 e. The molecule has 15 heavy (non-hydrogen) atoms. The average molecular weight is 197 g/mol. The second kappa shape index (κ2) is 2.67. The van der Waals surface area contributed by atoms with Gasteiger partial charge in [-0.15, -0.1) is 0 Å². The number of rotatable bonds is 0. The largest absolute Gasteiger partial charge is 0.289 e. The van der Waals surface area contributed by atoms with E-state index in [-0.39, 0.29) is 11.0 Å². The van der Waals surface area contributed by atoms with Gasteiger partial charge in [-0.1, -0.05) is 12.1 Å². The molecule has 0 bridgehead atoms. The normalized spacial score (nSPS) is 11.2. The highest BCUT2D eigenvalue weighted by atomic mass is 16.1. The summed E-state index contributed by atoms with van der Waals surface area (Å²) >= 11 is 0. The monoisotopic (exact) mass is 197 g/mol. The molecular formula is C12H7NO2. The lowest BCUT2D eigenvalue weighted by molar-refractivity contribution is 1.11. The van der Waals surface area contributed by atoms with E-state index in [0.717, 1.165) is 5.39 Å². The SMILES string of the molecule is O=c1ccn2c(=O)ccc3cccc1c32. The van der Waals surface area contributed by atoms with Crippen LogP contribution >= 0.6 is 0 Å². The molecule has 0 unspecified atom stereocenters. The Morgan fingerprint density at radius 3 is 2.67 bits per heavy atom. The van der Waals surface area contributed by atoms with Gasteiger partial charge in [0.2, 0.25) is 0 Å². The number of aromatic nitrogens is 1. The molecule has 0 radical (unpaired) electrons. The van der Waals surface area contributed by atoms with E-state index in [1.165, 1.54) is 22.7 Å². The van der Waals surface area contributed by atoms with Gasteiger partial charge in [0.1, 0.15) is 0 Å². The van der Waals surface area contributed by atoms with E-state index in [4.69, 9.17) is 0 Å². The van der Waals surface area contributed by atoms with Crippen molar-refractivity contribution in [3.8, 4) is 0 Å². The quantitative estimate of drug-likeness (QED) is 0.544. The Balaban J connectivity index is 2.84. The first-order chi connectivity index (χ1) is 7.27. The Labute approximate surface area is 84.6 Å². The molecule has 1 aromatic carbocycles. The molecule has 3 heteroatoms. The van der Waals surface area contributed by atoms with Crippen LogP contribution in [0.1, 0.15) is 0 Å². The minimum atomic E-state index is -0.112. The summed E-state index contributed by atoms with van der Waals surface area (Å²) in [6, 6.07) is 10.1. The summed E-state index contributed by atoms with van der Waals surface area (Å²) in [5.41, 5.74) is 0.544. The van der Waals surface area contributed by atoms with Crippen LogP contribution in [0.25, 0.3) is 16.3 Å². The van der Waals surface area contributed by atoms with Gasteiger partial charge in [-0.3, -0.25) is 14.0 Å². The second-order valence-electron chi connectivity index (χ2n) is 3.46. The predicted molar refractivity (Wildman–Crippen MR) is 58.6 cm³/mol. The van der Waals surface area contributed by atoms with Crippen LogP contribution in [0.4, 0.5) is 0 Å². The summed E-state index contributed by atoms with van der Waals surface area (Å²) in [5.74, 6) is 0. The molecular weight excluding hydrogens is 190 g/mol. The molecule has 3 nitrogen and oxygen atoms in total. The van der Waals surface area contributed by atoms with Crippen LogP contribution in [0.5, 0.6) is 0 Å². The number of hydrogen-bond donors (Lipinski definition) is 0. The molecule has 3 aromatic rings. The van der Waals surface area contributed by atoms with Gasteiger partial charge in [-0.25, -0.2) is 0 Å². The lowest BCUT2D eigenvalue weighted by atomic mass is 10.1. The van der Waals surface area contributed by atoms with Gasteiger partial charge in [0.15, 0.2) is 5.43 Å². The molecule has 0 saturated carbocycles. The fourth-order valence-electron chi connectivity index (χ4n) is 1.90. The van der Waals surface area contributed by atoms with E-state index >= 15 is 0 Å². The van der Waals surface area contributed by atoms with E-state index in [0.29, 0.717) is 10.9 Å². The number of hydrogen-bond acceptors (Lipinski definition) is 2. The van der Waals surface area contributed by atoms with Crippen molar-refractivity contribution < 1.29 is 0 Å². The minimum Gasteiger partial charge on any atom is -0.289 e. The molecule has 0 N–H and O–H groups in total. The molecule has 0 fully saturated rings. The van der Waals surface area contributed by atoms with Gasteiger partial charge < -0.3 is 0 Å². The van der Waals surface area contributed by atoms with Crippen LogP contribution in [0.15, 0.2) is 52.2 Å². The van der Waals surface area contributed by atoms with Crippen molar-refractivity contribution in [2.24, 2.45) is 0 Å². The van der Waals surface area contributed by atoms with Gasteiger partial charge in [-0.05, 0) is 17.5 Å². The summed E-state index contributed by atoms with van der Waals surface area (Å²) in [6.07, 6.45) is 1.53. The Morgan fingerprint density at radius 1 is 0.933 bits per heavy atom. The molecule has 0 aliphatic heterocycles. The Kier molecular flexibility index (Phi) is 1.45. The first-order valence-corrected chi connectivity index (χ1v) is 4.64. The van der Waals surface area contributed by atoms with Gasteiger partial charge >= 0.3 is 0 Å². The lowest BCUT2D eigenvalue weighted by Gasteiger charge is -2.04. The average Bonchev–Trinajstić information content (AvgIpc) is 2.26. The summed E-state index contributed by atoms with van der Waals surface area (Å²) in [6.45, 7) is 0. The summed E-state index contributed by atoms with van der Waals surface area (Å²) in [4.78, 5) is 23.1. The Bertz CT molecular complexity index is 740. The van der Waals surface area contributed by atoms with Crippen molar-refractivity contribution in [3.63, 3.8) is 0 Å². The highest BCUT2D eigenvalue weighted by molar-refractivity contribution is 5.94. The maximum absolute atomic E-state index is 11.6. The van der Waals surface area contributed by atoms with Gasteiger partial charge in [0.25, 0.3) is 5.56 Å². The second-order valence-corrected chi connectivity index (χ2v) is 3.46. The molecule has 0 aliphatic carbocycles. The molecule has 72 valence electrons. The Hall–Kier alpha value is -2.16. The molecule has 3 rings (SSSR count). The number of benzene rings is 1. The maximum atomic E-state index is 11.6. The molecule has 2 heterocycles. The van der Waals surface area contributed by atoms with Crippen molar-refractivity contribution >= 4 is 16.3 Å². The van der Waals surface area contributed by atoms with Crippen LogP contribution in [0.2, 0.25) is 0 Å². The Morgan fingerprint density at radius 2 is 1.80 bits per heavy atom. The van der Waals surface area contributed by atoms with Crippen molar-refractivity contribution in [2.75, 3.05) is 0 Å². The van der Waals surface area contributed by atoms with Crippen molar-refractivity contribution in [1.82, 2.24) is 4.40 Å². The van der Waals surface area contributed by atoms with Gasteiger partial charge in [0, 0.05) is 23.7 Å². The first kappa shape index (κ1) is 8.17. The first-order valence-electron chi connectivity index (χ1n) is 4.64. The van der Waals surface area contributed by atoms with Crippen LogP contribution in [0.3, 0.4) is 0 Å². The van der Waals surface area contributed by atoms with E-state index in [9.17, 15) is 9.59 Å². The van der Waals surface area contributed by atoms with Crippen LogP contribution in [0, 0.1) is 0 Å². The maximum Gasteiger partial charge on any atom is 0.255 e. The van der Waals surface area contributed by atoms with Crippen LogP contribution < -0.4 is 11.0 Å². The third-order valence-corrected chi connectivity index (χ3v) is 2.59. The van der Waals surface area contributed by atoms with Crippen molar-refractivity contribution in [2.45, 2.75) is 0 Å². The zero-order chi connectivity index (χ0) is 10.4. The lowest BCUT2D eigenvalue weighted by Crippen LogP contribution is -2.15. The van der Waals surface area contributed by atoms with Crippen molar-refractivity contribution in [1.29, 1.82) is 0 Å². The molecule has 0 atom stereocenters. The molecule has 0 aliphatic rings. The summed E-state index contributed by atoms with van der Waals surface area (Å²) in [7, 11) is 0. The fraction of sp³-hybridized carbons (Fsp3) is 0. The third kappa shape index (κ3) is 1.00. The topological polar surface area (TPSA) is 38.5 Å². The molecule has 0 amide bonds.